The summed E-state index contributed by atoms with van der Waals surface area (Å²) in [4.78, 5) is 25.4. The first-order chi connectivity index (χ1) is 42.1. The number of Topliss-reactive ketones (excluding diaryl/α,β-unsaturated/α-hetero) is 1. The average Bonchev–Trinajstić information content (AvgIpc) is 2.45. The molecule has 3 heterocycles. The number of rotatable bonds is 17. The van der Waals surface area contributed by atoms with Crippen LogP contribution in [0.15, 0.2) is 123 Å². The predicted molar refractivity (Wildman–Crippen MR) is 326 cm³/mol. The molecule has 0 unspecified atom stereocenters. The Balaban J connectivity index is 0.000000145. The molecule has 12 rings (SSSR count). The van der Waals surface area contributed by atoms with Crippen LogP contribution in [0, 0.1) is 34.0 Å². The quantitative estimate of drug-likeness (QED) is 0.0858. The third-order valence-electron chi connectivity index (χ3n) is 15.4. The van der Waals surface area contributed by atoms with Crippen molar-refractivity contribution in [3.63, 3.8) is 0 Å². The Kier molecular flexibility index (Phi) is 18.8. The highest BCUT2D eigenvalue weighted by atomic mass is 16.5. The third-order valence-corrected chi connectivity index (χ3v) is 15.4. The number of ether oxygens (including phenoxy) is 3. The minimum absolute atomic E-state index is 0.000486. The Morgan fingerprint density at radius 1 is 0.563 bits per heavy atom. The number of aliphatic hydroxyl groups is 1. The van der Waals surface area contributed by atoms with E-state index < -0.39 is 0 Å². The summed E-state index contributed by atoms with van der Waals surface area (Å²) < 4.78 is 33.6. The zero-order valence-corrected chi connectivity index (χ0v) is 50.1. The summed E-state index contributed by atoms with van der Waals surface area (Å²) in [5.74, 6) is 5.44. The molecule has 0 radical (unpaired) electrons. The van der Waals surface area contributed by atoms with Gasteiger partial charge in [0.1, 0.15) is 41.2 Å². The van der Waals surface area contributed by atoms with Crippen molar-refractivity contribution in [1.82, 2.24) is 35.7 Å². The van der Waals surface area contributed by atoms with Gasteiger partial charge in [-0.3, -0.25) is 0 Å². The van der Waals surface area contributed by atoms with Gasteiger partial charge in [0.05, 0.1) is 41.6 Å². The number of carbonyl (C=O) groups excluding carboxylic acids is 1. The molecule has 0 saturated carbocycles. The van der Waals surface area contributed by atoms with Crippen LogP contribution in [-0.4, -0.2) is 72.8 Å². The summed E-state index contributed by atoms with van der Waals surface area (Å²) in [6, 6.07) is 41.1. The van der Waals surface area contributed by atoms with Gasteiger partial charge in [-0.25, -0.2) is 0 Å². The number of hydrogen-bond donors (Lipinski definition) is 2. The molecule has 9 aromatic rings. The standard InChI is InChI=1S/C24H23N3O3.C23H24N4O3.C22H21N3O2/c1-14(2)29-22-10-8-17(12-18(22)13-25)24-26-23(27-30-24)21-6-4-5-19-16(11-15(3)28)7-9-20(19)21;1-14(2)29-21-9-6-15(12-16(21)13-24)23-26-22(27-30-23)19-5-3-4-18-17(19)7-8-20(18)25-10-11-28;1-13(2)26-20-10-8-15(11-16(20)12-23)22-24-21(25-27-22)19-6-4-5-17-14(3)7-9-18(17)19/h4-6,8,10,12,14,16H,7,9,11H2,1-3H3;3-6,9,12,14,20,25,28H,7-8,10-11H2,1-2H3;4-6,8,10-11,13-14H,7,9H2,1-3H3/t16-;20-;14-/m100/s1. The smallest absolute Gasteiger partial charge is 0.258 e. The van der Waals surface area contributed by atoms with Gasteiger partial charge in [0.15, 0.2) is 0 Å². The van der Waals surface area contributed by atoms with Crippen LogP contribution in [0.5, 0.6) is 17.2 Å². The lowest BCUT2D eigenvalue weighted by atomic mass is 9.94. The molecule has 442 valence electrons. The monoisotopic (exact) mass is 1160 g/mol. The molecule has 18 nitrogen and oxygen atoms in total. The highest BCUT2D eigenvalue weighted by Crippen LogP contribution is 2.42. The summed E-state index contributed by atoms with van der Waals surface area (Å²) in [5, 5.41) is 53.4. The fourth-order valence-corrected chi connectivity index (χ4v) is 11.6. The molecule has 3 aliphatic carbocycles. The Bertz CT molecular complexity index is 4080. The molecular weight excluding hydrogens is 1100 g/mol. The normalized spacial score (nSPS) is 15.3. The van der Waals surface area contributed by atoms with Crippen molar-refractivity contribution >= 4 is 5.78 Å². The maximum atomic E-state index is 11.6. The van der Waals surface area contributed by atoms with Crippen LogP contribution in [0.3, 0.4) is 0 Å². The molecule has 3 aliphatic rings. The molecule has 87 heavy (non-hydrogen) atoms. The third kappa shape index (κ3) is 13.7. The van der Waals surface area contributed by atoms with E-state index in [1.807, 2.05) is 90.1 Å². The predicted octanol–water partition coefficient (Wildman–Crippen LogP) is 13.8. The van der Waals surface area contributed by atoms with Gasteiger partial charge in [-0.1, -0.05) is 77.0 Å². The van der Waals surface area contributed by atoms with Crippen molar-refractivity contribution in [1.29, 1.82) is 15.8 Å². The number of carbonyl (C=O) groups is 1. The van der Waals surface area contributed by atoms with Crippen LogP contribution in [0.25, 0.3) is 68.5 Å². The lowest BCUT2D eigenvalue weighted by molar-refractivity contribution is -0.117. The summed E-state index contributed by atoms with van der Waals surface area (Å²) in [6.07, 6.45) is 6.45. The Hall–Kier alpha value is -9.80. The van der Waals surface area contributed by atoms with Crippen molar-refractivity contribution in [2.24, 2.45) is 0 Å². The lowest BCUT2D eigenvalue weighted by Gasteiger charge is -2.13. The van der Waals surface area contributed by atoms with Gasteiger partial charge in [0.2, 0.25) is 17.5 Å². The lowest BCUT2D eigenvalue weighted by Crippen LogP contribution is -2.22. The van der Waals surface area contributed by atoms with E-state index in [-0.39, 0.29) is 42.7 Å². The van der Waals surface area contributed by atoms with Crippen LogP contribution < -0.4 is 19.5 Å². The average molecular weight is 1170 g/mol. The van der Waals surface area contributed by atoms with Crippen LogP contribution in [0.2, 0.25) is 0 Å². The Morgan fingerprint density at radius 2 is 0.954 bits per heavy atom. The number of nitriles is 3. The molecule has 2 N–H and O–H groups in total. The van der Waals surface area contributed by atoms with Crippen molar-refractivity contribution in [3.05, 3.63) is 159 Å². The SMILES string of the molecule is CC(=O)C[C@H]1CCc2c(-c3noc(-c4ccc(OC(C)C)c(C#N)c4)n3)cccc21.CC(C)Oc1ccc(-c2nc(-c3cccc4c3CC[C@@H]4C)no2)cc1C#N.CC(C)Oc1ccc(-c2nc(-c3cccc4c3CC[C@@H]4NCCO)no2)cc1C#N. The second kappa shape index (κ2) is 27.1. The minimum Gasteiger partial charge on any atom is -0.490 e. The van der Waals surface area contributed by atoms with E-state index >= 15 is 0 Å². The van der Waals surface area contributed by atoms with Gasteiger partial charge in [0.25, 0.3) is 17.7 Å². The van der Waals surface area contributed by atoms with E-state index in [0.717, 1.165) is 55.2 Å². The zero-order valence-electron chi connectivity index (χ0n) is 50.1. The summed E-state index contributed by atoms with van der Waals surface area (Å²) in [5.41, 5.74) is 13.8. The van der Waals surface area contributed by atoms with Crippen molar-refractivity contribution in [2.75, 3.05) is 13.2 Å². The minimum atomic E-state index is -0.0232. The van der Waals surface area contributed by atoms with Gasteiger partial charge in [-0.05, 0) is 187 Å². The van der Waals surface area contributed by atoms with Gasteiger partial charge in [0, 0.05) is 52.4 Å². The largest absolute Gasteiger partial charge is 0.490 e. The molecule has 0 amide bonds. The molecule has 0 saturated heterocycles. The topological polar surface area (TPSA) is 265 Å². The summed E-state index contributed by atoms with van der Waals surface area (Å²) in [6.45, 7) is 16.1. The number of aromatic nitrogens is 6. The van der Waals surface area contributed by atoms with Crippen molar-refractivity contribution in [3.8, 4) is 104 Å². The van der Waals surface area contributed by atoms with Crippen LogP contribution in [-0.2, 0) is 24.1 Å². The van der Waals surface area contributed by atoms with Crippen LogP contribution in [0.1, 0.15) is 149 Å². The first-order valence-corrected chi connectivity index (χ1v) is 29.5. The van der Waals surface area contributed by atoms with Crippen molar-refractivity contribution < 1.29 is 37.7 Å². The number of nitrogens with one attached hydrogen (secondary N) is 1. The summed E-state index contributed by atoms with van der Waals surface area (Å²) in [7, 11) is 0. The van der Waals surface area contributed by atoms with E-state index in [4.69, 9.17) is 32.9 Å². The molecule has 0 bridgehead atoms. The number of ketones is 1. The number of benzene rings is 6. The van der Waals surface area contributed by atoms with Crippen molar-refractivity contribution in [2.45, 2.75) is 137 Å². The molecule has 0 spiro atoms. The van der Waals surface area contributed by atoms with Gasteiger partial charge in [-0.2, -0.15) is 30.7 Å². The second-order valence-electron chi connectivity index (χ2n) is 22.7. The van der Waals surface area contributed by atoms with Gasteiger partial charge < -0.3 is 43.0 Å². The van der Waals surface area contributed by atoms with E-state index in [1.165, 1.54) is 33.4 Å². The molecule has 3 aromatic heterocycles. The Morgan fingerprint density at radius 3 is 1.37 bits per heavy atom. The highest BCUT2D eigenvalue weighted by molar-refractivity contribution is 5.77. The molecule has 0 aliphatic heterocycles. The second-order valence-corrected chi connectivity index (χ2v) is 22.7. The zero-order chi connectivity index (χ0) is 61.3. The maximum Gasteiger partial charge on any atom is 0.258 e. The highest BCUT2D eigenvalue weighted by Gasteiger charge is 2.30. The van der Waals surface area contributed by atoms with E-state index in [1.54, 1.807) is 43.3 Å². The van der Waals surface area contributed by atoms with Gasteiger partial charge >= 0.3 is 0 Å². The summed E-state index contributed by atoms with van der Waals surface area (Å²) >= 11 is 0. The Labute approximate surface area is 505 Å². The fourth-order valence-electron chi connectivity index (χ4n) is 11.6. The first-order valence-electron chi connectivity index (χ1n) is 29.5. The van der Waals surface area contributed by atoms with Crippen LogP contribution in [0.4, 0.5) is 0 Å². The molecule has 3 atom stereocenters. The van der Waals surface area contributed by atoms with E-state index in [9.17, 15) is 20.6 Å². The van der Waals surface area contributed by atoms with E-state index in [2.05, 4.69) is 85.1 Å². The first kappa shape index (κ1) is 60.3. The molecule has 18 heteroatoms. The molecular formula is C69H68N10O8. The number of nitrogens with zero attached hydrogens (tertiary/aromatic N) is 9. The molecule has 6 aromatic carbocycles. The molecule has 0 fully saturated rings. The number of hydrogen-bond acceptors (Lipinski definition) is 18. The number of fused-ring (bicyclic) bond motifs is 3. The van der Waals surface area contributed by atoms with Gasteiger partial charge in [-0.15, -0.1) is 0 Å². The number of aliphatic hydroxyl groups excluding tert-OH is 1. The van der Waals surface area contributed by atoms with Crippen LogP contribution >= 0.6 is 0 Å². The van der Waals surface area contributed by atoms with E-state index in [0.29, 0.717) is 105 Å². The maximum absolute atomic E-state index is 11.6. The fraction of sp³-hybridized carbons (Fsp3) is 0.333.